The highest BCUT2D eigenvalue weighted by Gasteiger charge is 2.32. The molecular formula is C15H20F3NOS. The van der Waals surface area contributed by atoms with Gasteiger partial charge in [0.15, 0.2) is 0 Å². The van der Waals surface area contributed by atoms with Crippen molar-refractivity contribution in [1.29, 1.82) is 0 Å². The lowest BCUT2D eigenvalue weighted by molar-refractivity contribution is -0.274. The zero-order valence-electron chi connectivity index (χ0n) is 12.0. The number of ether oxygens (including phenoxy) is 1. The molecule has 0 aliphatic carbocycles. The molecule has 0 bridgehead atoms. The van der Waals surface area contributed by atoms with Gasteiger partial charge < -0.3 is 10.1 Å². The molecule has 1 aromatic rings. The molecule has 1 aliphatic rings. The van der Waals surface area contributed by atoms with Gasteiger partial charge in [0.05, 0.1) is 0 Å². The smallest absolute Gasteiger partial charge is 0.406 e. The van der Waals surface area contributed by atoms with Gasteiger partial charge in [0.1, 0.15) is 5.75 Å². The van der Waals surface area contributed by atoms with Gasteiger partial charge in [0.25, 0.3) is 0 Å². The number of nitrogens with one attached hydrogen (secondary N) is 1. The topological polar surface area (TPSA) is 21.3 Å². The van der Waals surface area contributed by atoms with Crippen LogP contribution >= 0.6 is 11.8 Å². The van der Waals surface area contributed by atoms with Crippen LogP contribution in [0.4, 0.5) is 13.2 Å². The highest BCUT2D eigenvalue weighted by atomic mass is 32.2. The predicted molar refractivity (Wildman–Crippen MR) is 79.6 cm³/mol. The van der Waals surface area contributed by atoms with Crippen molar-refractivity contribution >= 4 is 11.8 Å². The molecule has 2 rings (SSSR count). The molecule has 1 N–H and O–H groups in total. The molecule has 2 nitrogen and oxygen atoms in total. The lowest BCUT2D eigenvalue weighted by atomic mass is 9.92. The van der Waals surface area contributed by atoms with Crippen LogP contribution in [-0.2, 0) is 0 Å². The van der Waals surface area contributed by atoms with E-state index in [2.05, 4.69) is 17.0 Å². The van der Waals surface area contributed by atoms with E-state index in [0.29, 0.717) is 5.92 Å². The second-order valence-electron chi connectivity index (χ2n) is 5.18. The highest BCUT2D eigenvalue weighted by molar-refractivity contribution is 7.99. The maximum absolute atomic E-state index is 12.3. The molecule has 1 heterocycles. The average molecular weight is 319 g/mol. The van der Waals surface area contributed by atoms with Crippen LogP contribution in [0.1, 0.15) is 31.4 Å². The molecular weight excluding hydrogens is 299 g/mol. The highest BCUT2D eigenvalue weighted by Crippen LogP contribution is 2.35. The summed E-state index contributed by atoms with van der Waals surface area (Å²) in [5, 5.41) is 3.47. The maximum atomic E-state index is 12.3. The third kappa shape index (κ3) is 5.11. The molecule has 21 heavy (non-hydrogen) atoms. The van der Waals surface area contributed by atoms with Gasteiger partial charge in [-0.2, -0.15) is 11.8 Å². The zero-order chi connectivity index (χ0) is 15.3. The monoisotopic (exact) mass is 319 g/mol. The number of thioether (sulfide) groups is 1. The first-order valence-corrected chi connectivity index (χ1v) is 8.32. The Morgan fingerprint density at radius 2 is 2.24 bits per heavy atom. The normalized spacial score (nSPS) is 20.5. The minimum Gasteiger partial charge on any atom is -0.406 e. The molecule has 2 atom stereocenters. The van der Waals surface area contributed by atoms with Crippen LogP contribution in [0.5, 0.6) is 5.75 Å². The largest absolute Gasteiger partial charge is 0.573 e. The Morgan fingerprint density at radius 1 is 1.43 bits per heavy atom. The first-order chi connectivity index (χ1) is 9.99. The number of hydrogen-bond acceptors (Lipinski definition) is 3. The molecule has 1 saturated heterocycles. The van der Waals surface area contributed by atoms with E-state index in [1.165, 1.54) is 12.1 Å². The van der Waals surface area contributed by atoms with Gasteiger partial charge in [-0.3, -0.25) is 0 Å². The van der Waals surface area contributed by atoms with Crippen molar-refractivity contribution in [3.8, 4) is 5.75 Å². The average Bonchev–Trinajstić information content (AvgIpc) is 2.91. The molecule has 0 radical (unpaired) electrons. The van der Waals surface area contributed by atoms with Gasteiger partial charge in [-0.05, 0) is 54.5 Å². The summed E-state index contributed by atoms with van der Waals surface area (Å²) in [6.07, 6.45) is -2.56. The number of alkyl halides is 3. The maximum Gasteiger partial charge on any atom is 0.573 e. The van der Waals surface area contributed by atoms with E-state index in [0.717, 1.165) is 36.5 Å². The van der Waals surface area contributed by atoms with E-state index in [4.69, 9.17) is 0 Å². The quantitative estimate of drug-likeness (QED) is 0.841. The zero-order valence-corrected chi connectivity index (χ0v) is 12.8. The fourth-order valence-electron chi connectivity index (χ4n) is 2.58. The summed E-state index contributed by atoms with van der Waals surface area (Å²) < 4.78 is 41.0. The Bertz CT molecular complexity index is 447. The summed E-state index contributed by atoms with van der Waals surface area (Å²) in [5.41, 5.74) is 0.873. The van der Waals surface area contributed by atoms with E-state index in [1.807, 2.05) is 17.8 Å². The lowest BCUT2D eigenvalue weighted by Crippen LogP contribution is -2.29. The molecule has 6 heteroatoms. The van der Waals surface area contributed by atoms with Crippen LogP contribution in [-0.4, -0.2) is 24.4 Å². The Balaban J connectivity index is 2.16. The van der Waals surface area contributed by atoms with Gasteiger partial charge in [0.2, 0.25) is 0 Å². The Hall–Kier alpha value is -0.880. The fraction of sp³-hybridized carbons (Fsp3) is 0.600. The van der Waals surface area contributed by atoms with Crippen LogP contribution in [0.15, 0.2) is 24.3 Å². The van der Waals surface area contributed by atoms with Crippen molar-refractivity contribution in [2.75, 3.05) is 18.1 Å². The second kappa shape index (κ2) is 7.40. The van der Waals surface area contributed by atoms with Crippen molar-refractivity contribution < 1.29 is 17.9 Å². The molecule has 0 spiro atoms. The van der Waals surface area contributed by atoms with Gasteiger partial charge in [-0.1, -0.05) is 19.1 Å². The van der Waals surface area contributed by atoms with Crippen molar-refractivity contribution in [2.24, 2.45) is 5.92 Å². The van der Waals surface area contributed by atoms with Crippen LogP contribution in [0, 0.1) is 5.92 Å². The fourth-order valence-corrected chi connectivity index (χ4v) is 3.88. The minimum atomic E-state index is -4.64. The molecule has 0 saturated carbocycles. The number of hydrogen-bond donors (Lipinski definition) is 1. The van der Waals surface area contributed by atoms with Crippen molar-refractivity contribution in [2.45, 2.75) is 32.2 Å². The standard InChI is InChI=1S/C15H20F3NOS/c1-2-7-19-14(12-6-8-21-10-12)11-4-3-5-13(9-11)20-15(16,17)18/h3-5,9,12,14,19H,2,6-8,10H2,1H3. The van der Waals surface area contributed by atoms with Crippen LogP contribution in [0.2, 0.25) is 0 Å². The summed E-state index contributed by atoms with van der Waals surface area (Å²) in [7, 11) is 0. The third-order valence-corrected chi connectivity index (χ3v) is 4.69. The van der Waals surface area contributed by atoms with E-state index in [1.54, 1.807) is 6.07 Å². The second-order valence-corrected chi connectivity index (χ2v) is 6.33. The SMILES string of the molecule is CCCNC(c1cccc(OC(F)(F)F)c1)C1CCSC1. The Kier molecular flexibility index (Phi) is 5.81. The van der Waals surface area contributed by atoms with Gasteiger partial charge in [0, 0.05) is 6.04 Å². The Labute approximate surface area is 127 Å². The van der Waals surface area contributed by atoms with Crippen LogP contribution in [0.3, 0.4) is 0 Å². The van der Waals surface area contributed by atoms with E-state index < -0.39 is 6.36 Å². The molecule has 1 fully saturated rings. The number of rotatable bonds is 6. The summed E-state index contributed by atoms with van der Waals surface area (Å²) in [6, 6.07) is 6.44. The van der Waals surface area contributed by atoms with Gasteiger partial charge in [-0.15, -0.1) is 13.2 Å². The molecule has 1 aromatic carbocycles. The third-order valence-electron chi connectivity index (χ3n) is 3.50. The lowest BCUT2D eigenvalue weighted by Gasteiger charge is -2.25. The van der Waals surface area contributed by atoms with Gasteiger partial charge >= 0.3 is 6.36 Å². The van der Waals surface area contributed by atoms with E-state index in [-0.39, 0.29) is 11.8 Å². The molecule has 118 valence electrons. The summed E-state index contributed by atoms with van der Waals surface area (Å²) in [4.78, 5) is 0. The summed E-state index contributed by atoms with van der Waals surface area (Å²) in [5.74, 6) is 2.48. The van der Waals surface area contributed by atoms with Crippen LogP contribution in [0.25, 0.3) is 0 Å². The van der Waals surface area contributed by atoms with Crippen LogP contribution < -0.4 is 10.1 Å². The molecule has 0 aromatic heterocycles. The number of halogens is 3. The van der Waals surface area contributed by atoms with E-state index in [9.17, 15) is 13.2 Å². The molecule has 1 aliphatic heterocycles. The van der Waals surface area contributed by atoms with Crippen molar-refractivity contribution in [1.82, 2.24) is 5.32 Å². The molecule has 2 unspecified atom stereocenters. The van der Waals surface area contributed by atoms with Gasteiger partial charge in [-0.25, -0.2) is 0 Å². The van der Waals surface area contributed by atoms with Crippen molar-refractivity contribution in [3.63, 3.8) is 0 Å². The summed E-state index contributed by atoms with van der Waals surface area (Å²) >= 11 is 1.90. The predicted octanol–water partition coefficient (Wildman–Crippen LogP) is 4.38. The first-order valence-electron chi connectivity index (χ1n) is 7.16. The molecule has 0 amide bonds. The minimum absolute atomic E-state index is 0.0942. The van der Waals surface area contributed by atoms with Crippen molar-refractivity contribution in [3.05, 3.63) is 29.8 Å². The van der Waals surface area contributed by atoms with E-state index >= 15 is 0 Å². The summed E-state index contributed by atoms with van der Waals surface area (Å²) in [6.45, 7) is 2.94. The first kappa shape index (κ1) is 16.5. The Morgan fingerprint density at radius 3 is 2.86 bits per heavy atom. The number of benzene rings is 1.